The van der Waals surface area contributed by atoms with Crippen molar-refractivity contribution in [1.29, 1.82) is 0 Å². The molecular weight excluding hydrogens is 238 g/mol. The van der Waals surface area contributed by atoms with E-state index in [9.17, 15) is 0 Å². The third-order valence-corrected chi connectivity index (χ3v) is 2.86. The van der Waals surface area contributed by atoms with Crippen LogP contribution in [0.4, 0.5) is 11.5 Å². The Labute approximate surface area is 111 Å². The minimum atomic E-state index is 0.810. The molecule has 2 aromatic heterocycles. The van der Waals surface area contributed by atoms with Gasteiger partial charge in [-0.3, -0.25) is 4.98 Å². The van der Waals surface area contributed by atoms with Gasteiger partial charge in [0.1, 0.15) is 11.6 Å². The first kappa shape index (κ1) is 11.5. The van der Waals surface area contributed by atoms with Gasteiger partial charge in [-0.15, -0.1) is 0 Å². The fraction of sp³-hybridized carbons (Fsp3) is 0.0667. The maximum absolute atomic E-state index is 5.31. The summed E-state index contributed by atoms with van der Waals surface area (Å²) >= 11 is 0. The highest BCUT2D eigenvalue weighted by Gasteiger charge is 2.03. The molecule has 0 bridgehead atoms. The van der Waals surface area contributed by atoms with Crippen LogP contribution in [0.1, 0.15) is 0 Å². The standard InChI is InChI=1S/C15H13N3O/c1-19-14-7-9-16-13-10-11(5-6-12(13)14)18-15-4-2-3-8-17-15/h2-10H,1H3,(H,17,18). The Morgan fingerprint density at radius 3 is 2.74 bits per heavy atom. The van der Waals surface area contributed by atoms with Gasteiger partial charge in [0.2, 0.25) is 0 Å². The zero-order chi connectivity index (χ0) is 13.1. The number of pyridine rings is 2. The molecular formula is C15H13N3O. The van der Waals surface area contributed by atoms with Crippen LogP contribution in [-0.2, 0) is 0 Å². The van der Waals surface area contributed by atoms with Crippen molar-refractivity contribution in [3.05, 3.63) is 54.9 Å². The average Bonchev–Trinajstić information content (AvgIpc) is 2.47. The number of fused-ring (bicyclic) bond motifs is 1. The highest BCUT2D eigenvalue weighted by atomic mass is 16.5. The predicted molar refractivity (Wildman–Crippen MR) is 75.8 cm³/mol. The molecule has 2 heterocycles. The molecule has 4 nitrogen and oxygen atoms in total. The lowest BCUT2D eigenvalue weighted by atomic mass is 10.2. The van der Waals surface area contributed by atoms with Crippen molar-refractivity contribution >= 4 is 22.4 Å². The van der Waals surface area contributed by atoms with Gasteiger partial charge >= 0.3 is 0 Å². The molecule has 94 valence electrons. The molecule has 4 heteroatoms. The Morgan fingerprint density at radius 2 is 1.95 bits per heavy atom. The SMILES string of the molecule is COc1ccnc2cc(Nc3ccccn3)ccc12. The molecule has 0 radical (unpaired) electrons. The second kappa shape index (κ2) is 4.94. The Balaban J connectivity index is 1.98. The van der Waals surface area contributed by atoms with Crippen LogP contribution in [-0.4, -0.2) is 17.1 Å². The minimum absolute atomic E-state index is 0.810. The maximum atomic E-state index is 5.31. The molecule has 0 aliphatic carbocycles. The number of aromatic nitrogens is 2. The molecule has 1 aromatic carbocycles. The van der Waals surface area contributed by atoms with E-state index in [0.29, 0.717) is 0 Å². The number of anilines is 2. The minimum Gasteiger partial charge on any atom is -0.496 e. The number of hydrogen-bond donors (Lipinski definition) is 1. The molecule has 3 rings (SSSR count). The molecule has 0 atom stereocenters. The van der Waals surface area contributed by atoms with Gasteiger partial charge in [-0.05, 0) is 36.4 Å². The van der Waals surface area contributed by atoms with E-state index in [0.717, 1.165) is 28.2 Å². The van der Waals surface area contributed by atoms with Crippen molar-refractivity contribution in [3.63, 3.8) is 0 Å². The summed E-state index contributed by atoms with van der Waals surface area (Å²) in [7, 11) is 1.66. The normalized spacial score (nSPS) is 10.4. The Hall–Kier alpha value is -2.62. The summed E-state index contributed by atoms with van der Waals surface area (Å²) in [4.78, 5) is 8.58. The summed E-state index contributed by atoms with van der Waals surface area (Å²) in [6, 6.07) is 13.6. The highest BCUT2D eigenvalue weighted by molar-refractivity contribution is 5.88. The molecule has 0 amide bonds. The Kier molecular flexibility index (Phi) is 2.98. The van der Waals surface area contributed by atoms with Gasteiger partial charge in [0, 0.05) is 23.5 Å². The lowest BCUT2D eigenvalue weighted by Crippen LogP contribution is -1.93. The summed E-state index contributed by atoms with van der Waals surface area (Å²) in [6.45, 7) is 0. The number of nitrogens with one attached hydrogen (secondary N) is 1. The van der Waals surface area contributed by atoms with Gasteiger partial charge < -0.3 is 10.1 Å². The monoisotopic (exact) mass is 251 g/mol. The molecule has 0 fully saturated rings. The second-order valence-corrected chi connectivity index (χ2v) is 4.09. The van der Waals surface area contributed by atoms with Gasteiger partial charge in [0.05, 0.1) is 12.6 Å². The van der Waals surface area contributed by atoms with Crippen LogP contribution in [0.2, 0.25) is 0 Å². The first-order valence-electron chi connectivity index (χ1n) is 5.97. The summed E-state index contributed by atoms with van der Waals surface area (Å²) in [5.74, 6) is 1.64. The van der Waals surface area contributed by atoms with E-state index in [-0.39, 0.29) is 0 Å². The summed E-state index contributed by atoms with van der Waals surface area (Å²) in [5, 5.41) is 4.24. The van der Waals surface area contributed by atoms with Crippen molar-refractivity contribution in [2.75, 3.05) is 12.4 Å². The number of benzene rings is 1. The molecule has 3 aromatic rings. The number of ether oxygens (including phenoxy) is 1. The zero-order valence-electron chi connectivity index (χ0n) is 10.5. The smallest absolute Gasteiger partial charge is 0.130 e. The van der Waals surface area contributed by atoms with E-state index >= 15 is 0 Å². The molecule has 0 unspecified atom stereocenters. The summed E-state index contributed by atoms with van der Waals surface area (Å²) < 4.78 is 5.31. The van der Waals surface area contributed by atoms with Crippen molar-refractivity contribution in [3.8, 4) is 5.75 Å². The fourth-order valence-electron chi connectivity index (χ4n) is 1.96. The summed E-state index contributed by atoms with van der Waals surface area (Å²) in [6.07, 6.45) is 3.50. The quantitative estimate of drug-likeness (QED) is 0.775. The van der Waals surface area contributed by atoms with Crippen LogP contribution in [0, 0.1) is 0 Å². The van der Waals surface area contributed by atoms with Gasteiger partial charge in [0.15, 0.2) is 0 Å². The lowest BCUT2D eigenvalue weighted by molar-refractivity contribution is 0.419. The van der Waals surface area contributed by atoms with E-state index in [4.69, 9.17) is 4.74 Å². The third kappa shape index (κ3) is 2.33. The van der Waals surface area contributed by atoms with Crippen LogP contribution in [0.25, 0.3) is 10.9 Å². The lowest BCUT2D eigenvalue weighted by Gasteiger charge is -2.08. The molecule has 0 aliphatic heterocycles. The van der Waals surface area contributed by atoms with Crippen LogP contribution in [0.15, 0.2) is 54.9 Å². The molecule has 1 N–H and O–H groups in total. The first-order valence-corrected chi connectivity index (χ1v) is 5.97. The van der Waals surface area contributed by atoms with Gasteiger partial charge in [-0.1, -0.05) is 6.07 Å². The topological polar surface area (TPSA) is 47.0 Å². The van der Waals surface area contributed by atoms with E-state index < -0.39 is 0 Å². The Bertz CT molecular complexity index is 698. The molecule has 0 spiro atoms. The average molecular weight is 251 g/mol. The largest absolute Gasteiger partial charge is 0.496 e. The van der Waals surface area contributed by atoms with E-state index in [1.807, 2.05) is 42.5 Å². The first-order chi connectivity index (χ1) is 9.36. The molecule has 0 saturated heterocycles. The molecule has 19 heavy (non-hydrogen) atoms. The molecule has 0 saturated carbocycles. The predicted octanol–water partition coefficient (Wildman–Crippen LogP) is 3.38. The van der Waals surface area contributed by atoms with E-state index in [1.165, 1.54) is 0 Å². The number of hydrogen-bond acceptors (Lipinski definition) is 4. The van der Waals surface area contributed by atoms with Crippen LogP contribution in [0.3, 0.4) is 0 Å². The number of methoxy groups -OCH3 is 1. The number of rotatable bonds is 3. The van der Waals surface area contributed by atoms with Crippen LogP contribution >= 0.6 is 0 Å². The van der Waals surface area contributed by atoms with E-state index in [1.54, 1.807) is 19.5 Å². The van der Waals surface area contributed by atoms with E-state index in [2.05, 4.69) is 15.3 Å². The zero-order valence-corrected chi connectivity index (χ0v) is 10.5. The fourth-order valence-corrected chi connectivity index (χ4v) is 1.96. The van der Waals surface area contributed by atoms with Crippen molar-refractivity contribution in [2.45, 2.75) is 0 Å². The second-order valence-electron chi connectivity index (χ2n) is 4.09. The maximum Gasteiger partial charge on any atom is 0.130 e. The Morgan fingerprint density at radius 1 is 1.00 bits per heavy atom. The van der Waals surface area contributed by atoms with Crippen molar-refractivity contribution in [1.82, 2.24) is 9.97 Å². The summed E-state index contributed by atoms with van der Waals surface area (Å²) in [5.41, 5.74) is 1.84. The molecule has 0 aliphatic rings. The van der Waals surface area contributed by atoms with Crippen LogP contribution < -0.4 is 10.1 Å². The third-order valence-electron chi connectivity index (χ3n) is 2.86. The number of nitrogens with zero attached hydrogens (tertiary/aromatic N) is 2. The van der Waals surface area contributed by atoms with Crippen molar-refractivity contribution < 1.29 is 4.74 Å². The van der Waals surface area contributed by atoms with Gasteiger partial charge in [-0.25, -0.2) is 4.98 Å². The van der Waals surface area contributed by atoms with Gasteiger partial charge in [-0.2, -0.15) is 0 Å². The van der Waals surface area contributed by atoms with Gasteiger partial charge in [0.25, 0.3) is 0 Å². The van der Waals surface area contributed by atoms with Crippen LogP contribution in [0.5, 0.6) is 5.75 Å². The highest BCUT2D eigenvalue weighted by Crippen LogP contribution is 2.26. The van der Waals surface area contributed by atoms with Crippen molar-refractivity contribution in [2.24, 2.45) is 0 Å².